The first-order valence-electron chi connectivity index (χ1n) is 8.34. The number of likely N-dealkylation sites (tertiary alicyclic amines) is 1. The van der Waals surface area contributed by atoms with Crippen LogP contribution in [-0.4, -0.2) is 60.0 Å². The molecule has 2 fully saturated rings. The lowest BCUT2D eigenvalue weighted by atomic mass is 9.69. The predicted octanol–water partition coefficient (Wildman–Crippen LogP) is 1.22. The third kappa shape index (κ3) is 4.17. The van der Waals surface area contributed by atoms with E-state index < -0.39 is 12.2 Å². The van der Waals surface area contributed by atoms with Crippen molar-refractivity contribution in [3.63, 3.8) is 0 Å². The molecule has 0 aromatic rings. The Kier molecular flexibility index (Phi) is 5.84. The van der Waals surface area contributed by atoms with Gasteiger partial charge in [-0.2, -0.15) is 0 Å². The normalized spacial score (nSPS) is 39.3. The predicted molar refractivity (Wildman–Crippen MR) is 81.7 cm³/mol. The smallest absolute Gasteiger partial charge is 0.0938 e. The fourth-order valence-corrected chi connectivity index (χ4v) is 4.11. The first-order chi connectivity index (χ1) is 9.54. The summed E-state index contributed by atoms with van der Waals surface area (Å²) >= 11 is 0. The van der Waals surface area contributed by atoms with Crippen LogP contribution >= 0.6 is 0 Å². The summed E-state index contributed by atoms with van der Waals surface area (Å²) in [6.07, 6.45) is 5.26. The summed E-state index contributed by atoms with van der Waals surface area (Å²) in [6.45, 7) is 9.01. The van der Waals surface area contributed by atoms with Crippen LogP contribution in [0.5, 0.6) is 0 Å². The van der Waals surface area contributed by atoms with Gasteiger partial charge < -0.3 is 15.5 Å². The molecule has 0 aromatic carbocycles. The average molecular weight is 284 g/mol. The molecule has 2 aliphatic rings. The zero-order valence-electron chi connectivity index (χ0n) is 13.1. The van der Waals surface area contributed by atoms with Crippen LogP contribution in [0.25, 0.3) is 0 Å². The molecule has 0 aromatic heterocycles. The van der Waals surface area contributed by atoms with Crippen LogP contribution in [0.4, 0.5) is 0 Å². The van der Waals surface area contributed by atoms with E-state index in [4.69, 9.17) is 0 Å². The van der Waals surface area contributed by atoms with Gasteiger partial charge >= 0.3 is 0 Å². The van der Waals surface area contributed by atoms with Gasteiger partial charge in [0.2, 0.25) is 0 Å². The molecule has 1 heterocycles. The fourth-order valence-electron chi connectivity index (χ4n) is 4.11. The van der Waals surface area contributed by atoms with Crippen LogP contribution in [-0.2, 0) is 0 Å². The molecule has 0 bridgehead atoms. The second-order valence-corrected chi connectivity index (χ2v) is 7.21. The summed E-state index contributed by atoms with van der Waals surface area (Å²) in [7, 11) is 0. The highest BCUT2D eigenvalue weighted by Crippen LogP contribution is 2.40. The van der Waals surface area contributed by atoms with Gasteiger partial charge in [0.1, 0.15) is 0 Å². The molecule has 0 radical (unpaired) electrons. The van der Waals surface area contributed by atoms with Gasteiger partial charge in [-0.3, -0.25) is 4.90 Å². The van der Waals surface area contributed by atoms with Crippen LogP contribution in [0, 0.1) is 11.3 Å². The molecule has 3 N–H and O–H groups in total. The van der Waals surface area contributed by atoms with Gasteiger partial charge in [-0.15, -0.1) is 0 Å². The highest BCUT2D eigenvalue weighted by molar-refractivity contribution is 4.93. The highest BCUT2D eigenvalue weighted by atomic mass is 16.3. The molecule has 118 valence electrons. The number of β-amino-alcohol motifs (C(OH)–C–C–N with tert-alkyl or cyclic N) is 2. The fraction of sp³-hybridized carbons (Fsp3) is 1.00. The highest BCUT2D eigenvalue weighted by Gasteiger charge is 2.39. The standard InChI is InChI=1S/C16H32N2O2/c1-3-7-17-11-16(6-4-5-13(2)8-16)12-18-9-14(19)15(20)10-18/h13-15,17,19-20H,3-12H2,1-2H3. The van der Waals surface area contributed by atoms with Gasteiger partial charge in [-0.25, -0.2) is 0 Å². The number of nitrogens with one attached hydrogen (secondary N) is 1. The average Bonchev–Trinajstić information content (AvgIpc) is 2.68. The maximum absolute atomic E-state index is 9.74. The Morgan fingerprint density at radius 2 is 1.95 bits per heavy atom. The maximum atomic E-state index is 9.74. The van der Waals surface area contributed by atoms with Crippen LogP contribution in [0.15, 0.2) is 0 Å². The van der Waals surface area contributed by atoms with Crippen molar-refractivity contribution in [1.29, 1.82) is 0 Å². The Morgan fingerprint density at radius 1 is 1.25 bits per heavy atom. The molecule has 4 nitrogen and oxygen atoms in total. The SMILES string of the molecule is CCCNCC1(CN2CC(O)C(O)C2)CCCC(C)C1. The minimum atomic E-state index is -0.559. The van der Waals surface area contributed by atoms with Crippen molar-refractivity contribution in [3.8, 4) is 0 Å². The summed E-state index contributed by atoms with van der Waals surface area (Å²) in [4.78, 5) is 2.26. The lowest BCUT2D eigenvalue weighted by Gasteiger charge is -2.43. The zero-order valence-corrected chi connectivity index (χ0v) is 13.1. The van der Waals surface area contributed by atoms with E-state index in [0.717, 1.165) is 25.6 Å². The second-order valence-electron chi connectivity index (χ2n) is 7.21. The molecule has 4 heteroatoms. The zero-order chi connectivity index (χ0) is 14.6. The summed E-state index contributed by atoms with van der Waals surface area (Å²) in [5, 5.41) is 23.1. The summed E-state index contributed by atoms with van der Waals surface area (Å²) < 4.78 is 0. The van der Waals surface area contributed by atoms with E-state index >= 15 is 0 Å². The third-order valence-corrected chi connectivity index (χ3v) is 5.01. The molecule has 20 heavy (non-hydrogen) atoms. The first-order valence-corrected chi connectivity index (χ1v) is 8.34. The molecule has 0 spiro atoms. The van der Waals surface area contributed by atoms with E-state index in [-0.39, 0.29) is 0 Å². The Bertz CT molecular complexity index is 290. The van der Waals surface area contributed by atoms with Crippen LogP contribution in [0.2, 0.25) is 0 Å². The lowest BCUT2D eigenvalue weighted by molar-refractivity contribution is 0.0572. The van der Waals surface area contributed by atoms with E-state index in [1.54, 1.807) is 0 Å². The molecular formula is C16H32N2O2. The number of hydrogen-bond acceptors (Lipinski definition) is 4. The Labute approximate surface area is 123 Å². The Hall–Kier alpha value is -0.160. The van der Waals surface area contributed by atoms with Crippen LogP contribution in [0.1, 0.15) is 46.0 Å². The molecule has 1 aliphatic heterocycles. The molecule has 1 aliphatic carbocycles. The summed E-state index contributed by atoms with van der Waals surface area (Å²) in [6, 6.07) is 0. The van der Waals surface area contributed by atoms with Crippen molar-refractivity contribution in [2.45, 2.75) is 58.2 Å². The minimum absolute atomic E-state index is 0.330. The molecule has 4 unspecified atom stereocenters. The van der Waals surface area contributed by atoms with Gasteiger partial charge in [-0.1, -0.05) is 26.7 Å². The van der Waals surface area contributed by atoms with Crippen molar-refractivity contribution in [2.75, 3.05) is 32.7 Å². The monoisotopic (exact) mass is 284 g/mol. The largest absolute Gasteiger partial charge is 0.389 e. The van der Waals surface area contributed by atoms with E-state index in [1.165, 1.54) is 32.1 Å². The van der Waals surface area contributed by atoms with Gasteiger partial charge in [0, 0.05) is 26.2 Å². The topological polar surface area (TPSA) is 55.7 Å². The molecule has 2 rings (SSSR count). The quantitative estimate of drug-likeness (QED) is 0.642. The van der Waals surface area contributed by atoms with Crippen molar-refractivity contribution in [2.24, 2.45) is 11.3 Å². The van der Waals surface area contributed by atoms with Crippen LogP contribution < -0.4 is 5.32 Å². The van der Waals surface area contributed by atoms with Crippen LogP contribution in [0.3, 0.4) is 0 Å². The first kappa shape index (κ1) is 16.2. The number of aliphatic hydroxyl groups excluding tert-OH is 2. The molecule has 4 atom stereocenters. The third-order valence-electron chi connectivity index (χ3n) is 5.01. The molecule has 0 amide bonds. The van der Waals surface area contributed by atoms with Gasteiger partial charge in [-0.05, 0) is 37.1 Å². The number of rotatable bonds is 6. The van der Waals surface area contributed by atoms with Gasteiger partial charge in [0.05, 0.1) is 12.2 Å². The van der Waals surface area contributed by atoms with E-state index in [0.29, 0.717) is 18.5 Å². The lowest BCUT2D eigenvalue weighted by Crippen LogP contribution is -2.46. The second kappa shape index (κ2) is 7.21. The Balaban J connectivity index is 1.95. The van der Waals surface area contributed by atoms with Crippen molar-refractivity contribution < 1.29 is 10.2 Å². The molecule has 1 saturated heterocycles. The van der Waals surface area contributed by atoms with E-state index in [2.05, 4.69) is 24.1 Å². The van der Waals surface area contributed by atoms with Gasteiger partial charge in [0.25, 0.3) is 0 Å². The number of aliphatic hydroxyl groups is 2. The van der Waals surface area contributed by atoms with E-state index in [1.807, 2.05) is 0 Å². The van der Waals surface area contributed by atoms with Crippen molar-refractivity contribution >= 4 is 0 Å². The molecule has 1 saturated carbocycles. The summed E-state index contributed by atoms with van der Waals surface area (Å²) in [5.74, 6) is 0.796. The maximum Gasteiger partial charge on any atom is 0.0938 e. The van der Waals surface area contributed by atoms with Crippen molar-refractivity contribution in [3.05, 3.63) is 0 Å². The van der Waals surface area contributed by atoms with E-state index in [9.17, 15) is 10.2 Å². The van der Waals surface area contributed by atoms with Gasteiger partial charge in [0.15, 0.2) is 0 Å². The molecular weight excluding hydrogens is 252 g/mol. The van der Waals surface area contributed by atoms with Crippen molar-refractivity contribution in [1.82, 2.24) is 10.2 Å². The minimum Gasteiger partial charge on any atom is -0.389 e. The Morgan fingerprint density at radius 3 is 2.55 bits per heavy atom. The number of hydrogen-bond donors (Lipinski definition) is 3. The number of nitrogens with zero attached hydrogens (tertiary/aromatic N) is 1. The summed E-state index contributed by atoms with van der Waals surface area (Å²) in [5.41, 5.74) is 0.330.